The highest BCUT2D eigenvalue weighted by Gasteiger charge is 2.55. The first-order valence-corrected chi connectivity index (χ1v) is 27.1. The van der Waals surface area contributed by atoms with Gasteiger partial charge in [0.25, 0.3) is 0 Å². The number of alkyl carbamates (subject to hydrolysis) is 1. The molecule has 19 heteroatoms. The number of rotatable bonds is 20. The van der Waals surface area contributed by atoms with Gasteiger partial charge in [-0.25, -0.2) is 24.4 Å². The van der Waals surface area contributed by atoms with Crippen molar-refractivity contribution >= 4 is 52.5 Å². The van der Waals surface area contributed by atoms with Crippen LogP contribution in [0.3, 0.4) is 0 Å². The van der Waals surface area contributed by atoms with E-state index < -0.39 is 58.8 Å². The van der Waals surface area contributed by atoms with Crippen molar-refractivity contribution in [2.45, 2.75) is 164 Å². The number of ketones is 2. The molecule has 2 aliphatic carbocycles. The summed E-state index contributed by atoms with van der Waals surface area (Å²) in [7, 11) is 1.61. The number of carboxylic acid groups (broad SMARTS) is 1. The van der Waals surface area contributed by atoms with Crippen LogP contribution in [-0.4, -0.2) is 134 Å². The Balaban J connectivity index is 1.18. The molecule has 0 spiro atoms. The third kappa shape index (κ3) is 14.6. The zero-order valence-corrected chi connectivity index (χ0v) is 48.3. The van der Waals surface area contributed by atoms with Crippen molar-refractivity contribution in [3.05, 3.63) is 101 Å². The van der Waals surface area contributed by atoms with E-state index >= 15 is 0 Å². The monoisotopic (exact) mass is 1090 g/mol. The van der Waals surface area contributed by atoms with E-state index in [1.54, 1.807) is 74.3 Å². The van der Waals surface area contributed by atoms with Gasteiger partial charge in [0.15, 0.2) is 23.2 Å². The summed E-state index contributed by atoms with van der Waals surface area (Å²) in [5, 5.41) is 13.6. The molecule has 1 saturated carbocycles. The van der Waals surface area contributed by atoms with E-state index in [-0.39, 0.29) is 61.9 Å². The number of carboxylic acids is 1. The largest absolute Gasteiger partial charge is 0.480 e. The third-order valence-electron chi connectivity index (χ3n) is 14.6. The highest BCUT2D eigenvalue weighted by Crippen LogP contribution is 2.48. The number of aromatic nitrogens is 3. The zero-order valence-electron chi connectivity index (χ0n) is 48.3. The Hall–Kier alpha value is -6.96. The number of hydrogen-bond acceptors (Lipinski definition) is 14. The highest BCUT2D eigenvalue weighted by atomic mass is 16.8. The number of benzene rings is 2. The summed E-state index contributed by atoms with van der Waals surface area (Å²) in [6.45, 7) is 24.3. The molecule has 2 fully saturated rings. The van der Waals surface area contributed by atoms with Crippen LogP contribution in [0.4, 0.5) is 15.4 Å². The number of nitrogens with zero attached hydrogens (tertiary/aromatic N) is 6. The van der Waals surface area contributed by atoms with Crippen LogP contribution in [0.1, 0.15) is 127 Å². The fraction of sp³-hybridized carbons (Fsp3) is 0.533. The molecule has 0 bridgehead atoms. The van der Waals surface area contributed by atoms with Crippen LogP contribution in [0.5, 0.6) is 11.5 Å². The van der Waals surface area contributed by atoms with E-state index in [0.717, 1.165) is 5.56 Å². The summed E-state index contributed by atoms with van der Waals surface area (Å²) < 4.78 is 32.7. The van der Waals surface area contributed by atoms with Gasteiger partial charge in [-0.1, -0.05) is 44.2 Å². The first-order valence-electron chi connectivity index (χ1n) is 27.1. The standard InChI is InChI=1S/C60H79N7O12/c1-36-37(2)49(70)47(38(3)48(36)69)59(10,11)32-46(68)66(33-39-20-18-23-42(30-39)75-41-21-16-15-17-22-41)27-19-26-65(28-25-44(54(71)72)63-55(73)78-57(4,5)6)34-40-31-45(51-50(40)76-60(12,13)77-51)67-29-24-43-52(61-35-62-53(43)67)64(14)56(74)79-58(7,8)9/h15-18,20-24,29-30,35,40,44-45,50-51H,19,25-28,31-34H2,1-14H3,(H,63,73)(H,71,72)/t40-,44?,45-,50-,51+/m1/s1. The van der Waals surface area contributed by atoms with Gasteiger partial charge in [0.1, 0.15) is 46.8 Å². The number of allylic oxidation sites excluding steroid dienone is 4. The van der Waals surface area contributed by atoms with E-state index in [4.69, 9.17) is 28.7 Å². The molecule has 3 aliphatic rings. The average molecular weight is 1090 g/mol. The Morgan fingerprint density at radius 2 is 1.48 bits per heavy atom. The summed E-state index contributed by atoms with van der Waals surface area (Å²) in [6.07, 6.45) is 2.05. The number of nitrogens with one attached hydrogen (secondary N) is 1. The van der Waals surface area contributed by atoms with Crippen molar-refractivity contribution in [2.24, 2.45) is 11.3 Å². The van der Waals surface area contributed by atoms with Crippen molar-refractivity contribution in [3.63, 3.8) is 0 Å². The first-order chi connectivity index (χ1) is 36.9. The van der Waals surface area contributed by atoms with E-state index in [1.165, 1.54) is 11.2 Å². The van der Waals surface area contributed by atoms with Gasteiger partial charge in [-0.3, -0.25) is 19.3 Å². The number of fused-ring (bicyclic) bond motifs is 2. The minimum atomic E-state index is -1.29. The van der Waals surface area contributed by atoms with Crippen molar-refractivity contribution in [1.29, 1.82) is 0 Å². The molecule has 0 radical (unpaired) electrons. The zero-order chi connectivity index (χ0) is 57.9. The maximum atomic E-state index is 14.9. The molecule has 1 aliphatic heterocycles. The number of carbonyl (C=O) groups is 6. The smallest absolute Gasteiger partial charge is 0.415 e. The molecule has 3 amide bonds. The summed E-state index contributed by atoms with van der Waals surface area (Å²) in [4.78, 5) is 95.5. The number of para-hydroxylation sites is 1. The maximum Gasteiger partial charge on any atom is 0.415 e. The molecule has 4 aromatic rings. The highest BCUT2D eigenvalue weighted by molar-refractivity contribution is 6.25. The molecule has 3 heterocycles. The Morgan fingerprint density at radius 1 is 0.823 bits per heavy atom. The molecule has 2 aromatic heterocycles. The Labute approximate surface area is 463 Å². The van der Waals surface area contributed by atoms with Gasteiger partial charge in [-0.05, 0) is 138 Å². The molecule has 426 valence electrons. The van der Waals surface area contributed by atoms with Crippen LogP contribution < -0.4 is 15.0 Å². The number of hydrogen-bond donors (Lipinski definition) is 2. The van der Waals surface area contributed by atoms with Gasteiger partial charge in [0, 0.05) is 79.5 Å². The summed E-state index contributed by atoms with van der Waals surface area (Å²) >= 11 is 0. The van der Waals surface area contributed by atoms with Crippen LogP contribution in [0, 0.1) is 11.3 Å². The normalized spacial score (nSPS) is 19.9. The predicted molar refractivity (Wildman–Crippen MR) is 297 cm³/mol. The van der Waals surface area contributed by atoms with Gasteiger partial charge in [0.2, 0.25) is 5.91 Å². The summed E-state index contributed by atoms with van der Waals surface area (Å²) in [6, 6.07) is 17.2. The number of ether oxygens (including phenoxy) is 5. The van der Waals surface area contributed by atoms with E-state index in [0.29, 0.717) is 76.6 Å². The number of carbonyl (C=O) groups excluding carboxylic acids is 5. The van der Waals surface area contributed by atoms with Gasteiger partial charge in [0.05, 0.1) is 17.5 Å². The molecule has 7 rings (SSSR count). The van der Waals surface area contributed by atoms with Crippen LogP contribution in [0.15, 0.2) is 95.5 Å². The molecule has 1 saturated heterocycles. The number of Topliss-reactive ketones (excluding diaryl/α,β-unsaturated/α-hetero) is 2. The fourth-order valence-corrected chi connectivity index (χ4v) is 10.9. The van der Waals surface area contributed by atoms with Crippen LogP contribution in [0.25, 0.3) is 11.0 Å². The summed E-state index contributed by atoms with van der Waals surface area (Å²) in [5.74, 6) is -1.40. The Kier molecular flexibility index (Phi) is 18.0. The molecule has 79 heavy (non-hydrogen) atoms. The van der Waals surface area contributed by atoms with Crippen LogP contribution in [0.2, 0.25) is 0 Å². The second-order valence-corrected chi connectivity index (χ2v) is 24.2. The minimum Gasteiger partial charge on any atom is -0.480 e. The Morgan fingerprint density at radius 3 is 2.15 bits per heavy atom. The van der Waals surface area contributed by atoms with Gasteiger partial charge >= 0.3 is 18.2 Å². The average Bonchev–Trinajstić information content (AvgIpc) is 4.20. The maximum absolute atomic E-state index is 14.9. The lowest BCUT2D eigenvalue weighted by molar-refractivity contribution is -0.161. The quantitative estimate of drug-likeness (QED) is 0.0786. The lowest BCUT2D eigenvalue weighted by atomic mass is 9.71. The van der Waals surface area contributed by atoms with Crippen molar-refractivity contribution in [2.75, 3.05) is 38.1 Å². The van der Waals surface area contributed by atoms with E-state index in [1.807, 2.05) is 99.1 Å². The number of anilines is 1. The molecule has 1 unspecified atom stereocenters. The molecular formula is C60H79N7O12. The van der Waals surface area contributed by atoms with Gasteiger partial charge < -0.3 is 48.5 Å². The minimum absolute atomic E-state index is 0.0222. The SMILES string of the molecule is CC1=C(C)C(=O)C(C(C)(C)CC(=O)N(CCCN(CCC(NC(=O)OC(C)(C)C)C(=O)O)C[C@H]2C[C@@H](n3ccc4c(N(C)C(=O)OC(C)(C)C)ncnc43)[C@@H]3OC(C)(C)O[C@H]23)Cc2cccc(Oc3ccccc3)c2)=C(C)C1=O. The molecule has 2 N–H and O–H groups in total. The van der Waals surface area contributed by atoms with Gasteiger partial charge in [-0.15, -0.1) is 0 Å². The fourth-order valence-electron chi connectivity index (χ4n) is 10.9. The molecular weight excluding hydrogens is 1010 g/mol. The topological polar surface area (TPSA) is 221 Å². The Bertz CT molecular complexity index is 3000. The van der Waals surface area contributed by atoms with E-state index in [2.05, 4.69) is 15.2 Å². The first kappa shape index (κ1) is 59.7. The number of amides is 3. The third-order valence-corrected chi connectivity index (χ3v) is 14.6. The molecule has 2 aromatic carbocycles. The van der Waals surface area contributed by atoms with E-state index in [9.17, 15) is 33.9 Å². The second kappa shape index (κ2) is 23.8. The van der Waals surface area contributed by atoms with Crippen molar-refractivity contribution in [3.8, 4) is 11.5 Å². The molecule has 5 atom stereocenters. The van der Waals surface area contributed by atoms with Crippen LogP contribution in [-0.2, 0) is 44.7 Å². The van der Waals surface area contributed by atoms with Gasteiger partial charge in [-0.2, -0.15) is 0 Å². The lowest BCUT2D eigenvalue weighted by Crippen LogP contribution is -2.46. The number of aliphatic carboxylic acids is 1. The summed E-state index contributed by atoms with van der Waals surface area (Å²) in [5.41, 5.74) is 0.235. The van der Waals surface area contributed by atoms with Crippen molar-refractivity contribution < 1.29 is 57.6 Å². The van der Waals surface area contributed by atoms with Crippen LogP contribution >= 0.6 is 0 Å². The lowest BCUT2D eigenvalue weighted by Gasteiger charge is -2.34. The second-order valence-electron chi connectivity index (χ2n) is 24.2. The van der Waals surface area contributed by atoms with Crippen molar-refractivity contribution in [1.82, 2.24) is 29.7 Å². The predicted octanol–water partition coefficient (Wildman–Crippen LogP) is 9.99. The molecule has 19 nitrogen and oxygen atoms in total.